The normalized spacial score (nSPS) is 21.4. The van der Waals surface area contributed by atoms with Crippen LogP contribution in [0.3, 0.4) is 0 Å². The minimum atomic E-state index is -1.03. The van der Waals surface area contributed by atoms with Crippen molar-refractivity contribution in [2.75, 3.05) is 0 Å². The molecule has 1 aromatic heterocycles. The fraction of sp³-hybridized carbons (Fsp3) is 0.429. The summed E-state index contributed by atoms with van der Waals surface area (Å²) in [6, 6.07) is 6.53. The first-order valence-electron chi connectivity index (χ1n) is 5.85. The number of fused-ring (bicyclic) bond motifs is 1. The van der Waals surface area contributed by atoms with E-state index in [9.17, 15) is 9.50 Å². The molecule has 3 rings (SSSR count). The quantitative estimate of drug-likeness (QED) is 0.861. The van der Waals surface area contributed by atoms with E-state index in [1.165, 1.54) is 6.07 Å². The summed E-state index contributed by atoms with van der Waals surface area (Å²) >= 11 is 0. The van der Waals surface area contributed by atoms with Crippen molar-refractivity contribution in [3.63, 3.8) is 0 Å². The average Bonchev–Trinajstić information content (AvgIpc) is 2.88. The molecule has 1 unspecified atom stereocenters. The summed E-state index contributed by atoms with van der Waals surface area (Å²) in [4.78, 5) is 0. The van der Waals surface area contributed by atoms with Gasteiger partial charge in [-0.05, 0) is 31.9 Å². The maximum atomic E-state index is 13.5. The van der Waals surface area contributed by atoms with Gasteiger partial charge in [-0.2, -0.15) is 0 Å². The number of para-hydroxylation sites is 1. The minimum absolute atomic E-state index is 0.142. The fourth-order valence-corrected chi connectivity index (χ4v) is 2.24. The Kier molecular flexibility index (Phi) is 1.97. The van der Waals surface area contributed by atoms with Crippen molar-refractivity contribution in [2.24, 2.45) is 5.41 Å². The van der Waals surface area contributed by atoms with Gasteiger partial charge in [-0.1, -0.05) is 19.1 Å². The summed E-state index contributed by atoms with van der Waals surface area (Å²) in [6.07, 6.45) is 1.94. The monoisotopic (exact) mass is 234 g/mol. The first-order chi connectivity index (χ1) is 7.94. The number of hydrogen-bond donors (Lipinski definition) is 1. The van der Waals surface area contributed by atoms with E-state index in [0.29, 0.717) is 11.1 Å². The Morgan fingerprint density at radius 3 is 2.71 bits per heavy atom. The third-order valence-corrected chi connectivity index (χ3v) is 4.15. The zero-order valence-electron chi connectivity index (χ0n) is 9.96. The lowest BCUT2D eigenvalue weighted by Gasteiger charge is -2.27. The Hall–Kier alpha value is -1.35. The second-order valence-electron chi connectivity index (χ2n) is 5.40. The molecule has 1 fully saturated rings. The van der Waals surface area contributed by atoms with Crippen molar-refractivity contribution in [3.05, 3.63) is 35.8 Å². The van der Waals surface area contributed by atoms with Crippen molar-refractivity contribution in [1.29, 1.82) is 0 Å². The van der Waals surface area contributed by atoms with Gasteiger partial charge in [0.2, 0.25) is 0 Å². The predicted molar refractivity (Wildman–Crippen MR) is 63.1 cm³/mol. The second kappa shape index (κ2) is 3.10. The molecular formula is C14H15FO2. The Morgan fingerprint density at radius 2 is 2.12 bits per heavy atom. The molecule has 0 amide bonds. The standard InChI is InChI=1S/C14H15FO2/c1-13(6-7-13)14(2,16)11-8-9-4-3-5-10(15)12(9)17-11/h3-5,8,16H,6-7H2,1-2H3. The molecule has 0 bridgehead atoms. The molecule has 0 aliphatic heterocycles. The Bertz CT molecular complexity index is 579. The molecule has 1 saturated carbocycles. The third-order valence-electron chi connectivity index (χ3n) is 4.15. The van der Waals surface area contributed by atoms with Gasteiger partial charge in [0, 0.05) is 10.8 Å². The van der Waals surface area contributed by atoms with Crippen molar-refractivity contribution < 1.29 is 13.9 Å². The summed E-state index contributed by atoms with van der Waals surface area (Å²) in [5, 5.41) is 11.3. The van der Waals surface area contributed by atoms with E-state index in [-0.39, 0.29) is 16.8 Å². The molecule has 1 aromatic carbocycles. The summed E-state index contributed by atoms with van der Waals surface area (Å²) in [7, 11) is 0. The van der Waals surface area contributed by atoms with E-state index in [1.807, 2.05) is 6.92 Å². The van der Waals surface area contributed by atoms with Crippen molar-refractivity contribution >= 4 is 11.0 Å². The molecule has 1 atom stereocenters. The highest BCUT2D eigenvalue weighted by molar-refractivity contribution is 5.78. The lowest BCUT2D eigenvalue weighted by molar-refractivity contribution is -0.0305. The molecule has 17 heavy (non-hydrogen) atoms. The number of aliphatic hydroxyl groups is 1. The van der Waals surface area contributed by atoms with Gasteiger partial charge in [-0.15, -0.1) is 0 Å². The van der Waals surface area contributed by atoms with Gasteiger partial charge in [0.1, 0.15) is 11.4 Å². The zero-order valence-corrected chi connectivity index (χ0v) is 9.96. The summed E-state index contributed by atoms with van der Waals surface area (Å²) < 4.78 is 19.0. The van der Waals surface area contributed by atoms with Crippen LogP contribution >= 0.6 is 0 Å². The van der Waals surface area contributed by atoms with Crippen LogP contribution in [0.1, 0.15) is 32.4 Å². The highest BCUT2D eigenvalue weighted by Crippen LogP contribution is 2.58. The highest BCUT2D eigenvalue weighted by Gasteiger charge is 2.54. The molecule has 0 radical (unpaired) electrons. The number of rotatable bonds is 2. The molecule has 90 valence electrons. The minimum Gasteiger partial charge on any atom is -0.455 e. The number of hydrogen-bond acceptors (Lipinski definition) is 2. The first-order valence-corrected chi connectivity index (χ1v) is 5.85. The maximum absolute atomic E-state index is 13.5. The van der Waals surface area contributed by atoms with Gasteiger partial charge in [-0.3, -0.25) is 0 Å². The van der Waals surface area contributed by atoms with Gasteiger partial charge >= 0.3 is 0 Å². The van der Waals surface area contributed by atoms with Crippen LogP contribution in [-0.2, 0) is 5.60 Å². The van der Waals surface area contributed by atoms with Crippen molar-refractivity contribution in [1.82, 2.24) is 0 Å². The van der Waals surface area contributed by atoms with Gasteiger partial charge in [0.25, 0.3) is 0 Å². The van der Waals surface area contributed by atoms with Crippen molar-refractivity contribution in [2.45, 2.75) is 32.3 Å². The van der Waals surface area contributed by atoms with Crippen LogP contribution in [-0.4, -0.2) is 5.11 Å². The molecule has 1 heterocycles. The van der Waals surface area contributed by atoms with E-state index < -0.39 is 5.60 Å². The second-order valence-corrected chi connectivity index (χ2v) is 5.40. The Morgan fingerprint density at radius 1 is 1.41 bits per heavy atom. The van der Waals surface area contributed by atoms with E-state index in [1.54, 1.807) is 25.1 Å². The largest absolute Gasteiger partial charge is 0.455 e. The Labute approximate surface area is 99.1 Å². The number of halogens is 1. The topological polar surface area (TPSA) is 33.4 Å². The van der Waals surface area contributed by atoms with E-state index in [2.05, 4.69) is 0 Å². The van der Waals surface area contributed by atoms with Crippen LogP contribution in [0.2, 0.25) is 0 Å². The average molecular weight is 234 g/mol. The molecule has 2 nitrogen and oxygen atoms in total. The van der Waals surface area contributed by atoms with E-state index in [0.717, 1.165) is 12.8 Å². The summed E-state index contributed by atoms with van der Waals surface area (Å²) in [6.45, 7) is 3.77. The number of furan rings is 1. The molecule has 1 aliphatic rings. The molecule has 1 N–H and O–H groups in total. The van der Waals surface area contributed by atoms with Crippen LogP contribution in [0.5, 0.6) is 0 Å². The SMILES string of the molecule is CC1(C(C)(O)c2cc3cccc(F)c3o2)CC1. The molecule has 2 aromatic rings. The predicted octanol–water partition coefficient (Wildman–Crippen LogP) is 3.58. The molecular weight excluding hydrogens is 219 g/mol. The molecule has 0 spiro atoms. The van der Waals surface area contributed by atoms with E-state index >= 15 is 0 Å². The molecule has 3 heteroatoms. The van der Waals surface area contributed by atoms with Gasteiger partial charge < -0.3 is 9.52 Å². The number of benzene rings is 1. The molecule has 0 saturated heterocycles. The van der Waals surface area contributed by atoms with Gasteiger partial charge in [0.05, 0.1) is 0 Å². The van der Waals surface area contributed by atoms with Gasteiger partial charge in [-0.25, -0.2) is 4.39 Å². The van der Waals surface area contributed by atoms with Crippen molar-refractivity contribution in [3.8, 4) is 0 Å². The maximum Gasteiger partial charge on any atom is 0.170 e. The Balaban J connectivity index is 2.16. The van der Waals surface area contributed by atoms with Gasteiger partial charge in [0.15, 0.2) is 11.4 Å². The van der Waals surface area contributed by atoms with Crippen LogP contribution < -0.4 is 0 Å². The van der Waals surface area contributed by atoms with E-state index in [4.69, 9.17) is 4.42 Å². The first kappa shape index (κ1) is 10.8. The fourth-order valence-electron chi connectivity index (χ4n) is 2.24. The lowest BCUT2D eigenvalue weighted by atomic mass is 9.85. The van der Waals surface area contributed by atoms with Crippen LogP contribution in [0.4, 0.5) is 4.39 Å². The third kappa shape index (κ3) is 1.42. The summed E-state index contributed by atoms with van der Waals surface area (Å²) in [5.41, 5.74) is -0.942. The zero-order chi connectivity index (χ0) is 12.3. The highest BCUT2D eigenvalue weighted by atomic mass is 19.1. The van der Waals surface area contributed by atoms with Crippen LogP contribution in [0.15, 0.2) is 28.7 Å². The summed E-state index contributed by atoms with van der Waals surface area (Å²) in [5.74, 6) is 0.0723. The smallest absolute Gasteiger partial charge is 0.170 e. The molecule has 1 aliphatic carbocycles. The van der Waals surface area contributed by atoms with Crippen LogP contribution in [0.25, 0.3) is 11.0 Å². The lowest BCUT2D eigenvalue weighted by Crippen LogP contribution is -2.30. The van der Waals surface area contributed by atoms with Crippen LogP contribution in [0, 0.1) is 11.2 Å².